The van der Waals surface area contributed by atoms with Crippen LogP contribution in [-0.2, 0) is 4.74 Å². The zero-order valence-electron chi connectivity index (χ0n) is 11.6. The van der Waals surface area contributed by atoms with Crippen LogP contribution in [0.25, 0.3) is 0 Å². The molecule has 18 heavy (non-hydrogen) atoms. The van der Waals surface area contributed by atoms with Crippen molar-refractivity contribution in [1.82, 2.24) is 4.98 Å². The third-order valence-corrected chi connectivity index (χ3v) is 3.26. The number of morpholine rings is 1. The third kappa shape index (κ3) is 2.93. The van der Waals surface area contributed by atoms with Gasteiger partial charge in [0.05, 0.1) is 18.8 Å². The molecule has 100 valence electrons. The molecule has 0 radical (unpaired) electrons. The van der Waals surface area contributed by atoms with Crippen LogP contribution in [0.5, 0.6) is 0 Å². The van der Waals surface area contributed by atoms with Crippen LogP contribution < -0.4 is 10.2 Å². The van der Waals surface area contributed by atoms with Gasteiger partial charge in [-0.1, -0.05) is 6.92 Å². The van der Waals surface area contributed by atoms with Crippen LogP contribution in [0.15, 0.2) is 18.3 Å². The van der Waals surface area contributed by atoms with Gasteiger partial charge in [0.25, 0.3) is 0 Å². The topological polar surface area (TPSA) is 37.4 Å². The summed E-state index contributed by atoms with van der Waals surface area (Å²) in [5.41, 5.74) is 1.26. The lowest BCUT2D eigenvalue weighted by atomic mass is 10.0. The number of nitrogens with one attached hydrogen (secondary N) is 1. The van der Waals surface area contributed by atoms with Crippen LogP contribution in [0, 0.1) is 0 Å². The van der Waals surface area contributed by atoms with Crippen LogP contribution in [0.4, 0.5) is 11.5 Å². The van der Waals surface area contributed by atoms with Gasteiger partial charge in [0.15, 0.2) is 0 Å². The summed E-state index contributed by atoms with van der Waals surface area (Å²) in [5.74, 6) is 0.955. The maximum Gasteiger partial charge on any atom is 0.127 e. The van der Waals surface area contributed by atoms with E-state index >= 15 is 0 Å². The van der Waals surface area contributed by atoms with E-state index in [-0.39, 0.29) is 5.54 Å². The minimum absolute atomic E-state index is 0.0433. The average Bonchev–Trinajstić information content (AvgIpc) is 2.36. The Morgan fingerprint density at radius 2 is 2.33 bits per heavy atom. The largest absolute Gasteiger partial charge is 0.377 e. The standard InChI is InChI=1S/C14H23N3O/c1-4-6-15-13-10-12(5-7-16-13)17-8-9-18-11-14(17,2)3/h5,7,10H,4,6,8-9,11H2,1-3H3,(H,15,16). The normalized spacial score (nSPS) is 18.7. The first-order valence-electron chi connectivity index (χ1n) is 6.69. The van der Waals surface area contributed by atoms with Gasteiger partial charge >= 0.3 is 0 Å². The van der Waals surface area contributed by atoms with Crippen molar-refractivity contribution in [1.29, 1.82) is 0 Å². The van der Waals surface area contributed by atoms with Crippen LogP contribution >= 0.6 is 0 Å². The second kappa shape index (κ2) is 5.57. The molecule has 0 atom stereocenters. The molecule has 0 amide bonds. The first kappa shape index (κ1) is 13.1. The molecule has 1 aliphatic heterocycles. The molecule has 1 aliphatic rings. The van der Waals surface area contributed by atoms with Gasteiger partial charge in [-0.3, -0.25) is 0 Å². The molecule has 0 aliphatic carbocycles. The highest BCUT2D eigenvalue weighted by Gasteiger charge is 2.30. The summed E-state index contributed by atoms with van der Waals surface area (Å²) < 4.78 is 5.56. The first-order valence-corrected chi connectivity index (χ1v) is 6.69. The fourth-order valence-corrected chi connectivity index (χ4v) is 2.27. The van der Waals surface area contributed by atoms with Crippen molar-refractivity contribution in [2.45, 2.75) is 32.7 Å². The van der Waals surface area contributed by atoms with Crippen molar-refractivity contribution in [2.75, 3.05) is 36.5 Å². The molecule has 0 bridgehead atoms. The van der Waals surface area contributed by atoms with Gasteiger partial charge in [0, 0.05) is 31.0 Å². The van der Waals surface area contributed by atoms with Gasteiger partial charge in [-0.2, -0.15) is 0 Å². The van der Waals surface area contributed by atoms with E-state index in [0.717, 1.165) is 38.5 Å². The Bertz CT molecular complexity index is 392. The third-order valence-electron chi connectivity index (χ3n) is 3.26. The van der Waals surface area contributed by atoms with E-state index in [9.17, 15) is 0 Å². The molecule has 0 saturated carbocycles. The Morgan fingerprint density at radius 3 is 3.06 bits per heavy atom. The first-order chi connectivity index (χ1) is 8.63. The fraction of sp³-hybridized carbons (Fsp3) is 0.643. The Hall–Kier alpha value is -1.29. The van der Waals surface area contributed by atoms with Crippen LogP contribution in [-0.4, -0.2) is 36.8 Å². The van der Waals surface area contributed by atoms with Gasteiger partial charge in [-0.05, 0) is 26.3 Å². The molecule has 1 N–H and O–H groups in total. The summed E-state index contributed by atoms with van der Waals surface area (Å²) in [7, 11) is 0. The second-order valence-corrected chi connectivity index (χ2v) is 5.34. The zero-order chi connectivity index (χ0) is 13.0. The minimum Gasteiger partial charge on any atom is -0.377 e. The SMILES string of the molecule is CCCNc1cc(N2CCOCC2(C)C)ccn1. The number of ether oxygens (including phenoxy) is 1. The fourth-order valence-electron chi connectivity index (χ4n) is 2.27. The summed E-state index contributed by atoms with van der Waals surface area (Å²) in [6.07, 6.45) is 2.98. The van der Waals surface area contributed by atoms with E-state index in [1.165, 1.54) is 5.69 Å². The van der Waals surface area contributed by atoms with Crippen molar-refractivity contribution >= 4 is 11.5 Å². The molecule has 1 saturated heterocycles. The number of hydrogen-bond donors (Lipinski definition) is 1. The number of aromatic nitrogens is 1. The molecular formula is C14H23N3O. The second-order valence-electron chi connectivity index (χ2n) is 5.34. The van der Waals surface area contributed by atoms with E-state index in [0.29, 0.717) is 0 Å². The molecular weight excluding hydrogens is 226 g/mol. The van der Waals surface area contributed by atoms with Crippen molar-refractivity contribution in [3.05, 3.63) is 18.3 Å². The highest BCUT2D eigenvalue weighted by atomic mass is 16.5. The highest BCUT2D eigenvalue weighted by Crippen LogP contribution is 2.27. The number of anilines is 2. The molecule has 0 unspecified atom stereocenters. The molecule has 0 spiro atoms. The summed E-state index contributed by atoms with van der Waals surface area (Å²) in [4.78, 5) is 6.75. The van der Waals surface area contributed by atoms with E-state index in [4.69, 9.17) is 4.74 Å². The Morgan fingerprint density at radius 1 is 1.50 bits per heavy atom. The molecule has 1 fully saturated rings. The lowest BCUT2D eigenvalue weighted by Gasteiger charge is -2.43. The average molecular weight is 249 g/mol. The molecule has 0 aromatic carbocycles. The van der Waals surface area contributed by atoms with E-state index in [1.807, 2.05) is 6.20 Å². The highest BCUT2D eigenvalue weighted by molar-refractivity contribution is 5.55. The quantitative estimate of drug-likeness (QED) is 0.889. The van der Waals surface area contributed by atoms with Gasteiger partial charge in [-0.15, -0.1) is 0 Å². The van der Waals surface area contributed by atoms with Gasteiger partial charge < -0.3 is 15.0 Å². The smallest absolute Gasteiger partial charge is 0.127 e. The van der Waals surface area contributed by atoms with Crippen LogP contribution in [0.1, 0.15) is 27.2 Å². The van der Waals surface area contributed by atoms with Crippen LogP contribution in [0.3, 0.4) is 0 Å². The van der Waals surface area contributed by atoms with E-state index in [1.54, 1.807) is 0 Å². The number of hydrogen-bond acceptors (Lipinski definition) is 4. The van der Waals surface area contributed by atoms with Crippen molar-refractivity contribution in [3.8, 4) is 0 Å². The Kier molecular flexibility index (Phi) is 4.07. The van der Waals surface area contributed by atoms with Crippen molar-refractivity contribution in [2.24, 2.45) is 0 Å². The summed E-state index contributed by atoms with van der Waals surface area (Å²) in [6.45, 7) is 10.0. The Labute approximate surface area is 109 Å². The molecule has 2 heterocycles. The van der Waals surface area contributed by atoms with Crippen molar-refractivity contribution in [3.63, 3.8) is 0 Å². The lowest BCUT2D eigenvalue weighted by molar-refractivity contribution is 0.0644. The molecule has 4 nitrogen and oxygen atoms in total. The number of pyridine rings is 1. The van der Waals surface area contributed by atoms with E-state index in [2.05, 4.69) is 48.1 Å². The molecule has 1 aromatic heterocycles. The van der Waals surface area contributed by atoms with Crippen LogP contribution in [0.2, 0.25) is 0 Å². The summed E-state index contributed by atoms with van der Waals surface area (Å²) in [6, 6.07) is 4.20. The minimum atomic E-state index is 0.0433. The summed E-state index contributed by atoms with van der Waals surface area (Å²) >= 11 is 0. The summed E-state index contributed by atoms with van der Waals surface area (Å²) in [5, 5.41) is 3.33. The molecule has 1 aromatic rings. The zero-order valence-corrected chi connectivity index (χ0v) is 11.6. The predicted molar refractivity (Wildman–Crippen MR) is 75.3 cm³/mol. The van der Waals surface area contributed by atoms with Crippen molar-refractivity contribution < 1.29 is 4.74 Å². The van der Waals surface area contributed by atoms with Gasteiger partial charge in [0.1, 0.15) is 5.82 Å². The van der Waals surface area contributed by atoms with Gasteiger partial charge in [-0.25, -0.2) is 4.98 Å². The number of rotatable bonds is 4. The van der Waals surface area contributed by atoms with Gasteiger partial charge in [0.2, 0.25) is 0 Å². The maximum atomic E-state index is 5.56. The monoisotopic (exact) mass is 249 g/mol. The molecule has 2 rings (SSSR count). The predicted octanol–water partition coefficient (Wildman–Crippen LogP) is 2.52. The number of nitrogens with zero attached hydrogens (tertiary/aromatic N) is 2. The maximum absolute atomic E-state index is 5.56. The molecule has 4 heteroatoms. The van der Waals surface area contributed by atoms with E-state index < -0.39 is 0 Å². The Balaban J connectivity index is 2.16. The lowest BCUT2D eigenvalue weighted by Crippen LogP contribution is -2.53.